The molecule has 0 spiro atoms. The smallest absolute Gasteiger partial charge is 0.329 e. The van der Waals surface area contributed by atoms with Crippen molar-refractivity contribution < 1.29 is 23.9 Å². The largest absolute Gasteiger partial charge is 0.497 e. The first-order valence-electron chi connectivity index (χ1n) is 10.3. The first kappa shape index (κ1) is 24.0. The molecule has 0 aromatic heterocycles. The van der Waals surface area contributed by atoms with Gasteiger partial charge in [0.1, 0.15) is 11.5 Å². The minimum Gasteiger partial charge on any atom is -0.497 e. The molecule has 0 atom stereocenters. The van der Waals surface area contributed by atoms with Gasteiger partial charge in [-0.2, -0.15) is 5.10 Å². The summed E-state index contributed by atoms with van der Waals surface area (Å²) in [6.45, 7) is 1.75. The Kier molecular flexibility index (Phi) is 8.34. The van der Waals surface area contributed by atoms with Crippen molar-refractivity contribution in [1.29, 1.82) is 0 Å². The zero-order valence-corrected chi connectivity index (χ0v) is 18.7. The van der Waals surface area contributed by atoms with Crippen molar-refractivity contribution in [2.75, 3.05) is 24.4 Å². The highest BCUT2D eigenvalue weighted by Crippen LogP contribution is 2.17. The van der Waals surface area contributed by atoms with Gasteiger partial charge in [0.25, 0.3) is 5.91 Å². The topological polar surface area (TPSA) is 118 Å². The fourth-order valence-corrected chi connectivity index (χ4v) is 2.77. The SMILES string of the molecule is COc1ccc(NC(=O)C(=O)N/N=C\c2ccccc2OCC(=O)Nc2ccc(C)cc2)cc1. The molecule has 0 aliphatic heterocycles. The number of nitrogens with one attached hydrogen (secondary N) is 3. The van der Waals surface area contributed by atoms with Crippen LogP contribution in [-0.2, 0) is 14.4 Å². The van der Waals surface area contributed by atoms with Gasteiger partial charge in [-0.1, -0.05) is 29.8 Å². The minimum absolute atomic E-state index is 0.213. The lowest BCUT2D eigenvalue weighted by atomic mass is 10.2. The van der Waals surface area contributed by atoms with Gasteiger partial charge in [0, 0.05) is 16.9 Å². The predicted molar refractivity (Wildman–Crippen MR) is 129 cm³/mol. The van der Waals surface area contributed by atoms with Gasteiger partial charge in [-0.25, -0.2) is 5.43 Å². The summed E-state index contributed by atoms with van der Waals surface area (Å²) in [5, 5.41) is 9.02. The second-order valence-electron chi connectivity index (χ2n) is 7.12. The van der Waals surface area contributed by atoms with Crippen LogP contribution in [0.15, 0.2) is 77.9 Å². The molecule has 0 heterocycles. The Morgan fingerprint density at radius 3 is 2.21 bits per heavy atom. The highest BCUT2D eigenvalue weighted by molar-refractivity contribution is 6.39. The van der Waals surface area contributed by atoms with E-state index in [9.17, 15) is 14.4 Å². The summed E-state index contributed by atoms with van der Waals surface area (Å²) < 4.78 is 10.6. The molecule has 3 N–H and O–H groups in total. The highest BCUT2D eigenvalue weighted by Gasteiger charge is 2.13. The number of benzene rings is 3. The first-order valence-corrected chi connectivity index (χ1v) is 10.3. The van der Waals surface area contributed by atoms with Crippen LogP contribution in [0.25, 0.3) is 0 Å². The summed E-state index contributed by atoms with van der Waals surface area (Å²) in [4.78, 5) is 36.2. The number of amides is 3. The number of methoxy groups -OCH3 is 1. The summed E-state index contributed by atoms with van der Waals surface area (Å²) in [6, 6.07) is 20.8. The van der Waals surface area contributed by atoms with Gasteiger partial charge >= 0.3 is 11.8 Å². The van der Waals surface area contributed by atoms with Crippen LogP contribution in [0.5, 0.6) is 11.5 Å². The molecular weight excluding hydrogens is 436 g/mol. The average molecular weight is 460 g/mol. The van der Waals surface area contributed by atoms with Crippen LogP contribution in [0.3, 0.4) is 0 Å². The monoisotopic (exact) mass is 460 g/mol. The number of nitrogens with zero attached hydrogens (tertiary/aromatic N) is 1. The van der Waals surface area contributed by atoms with E-state index in [0.29, 0.717) is 28.4 Å². The molecule has 9 heteroatoms. The Morgan fingerprint density at radius 1 is 0.853 bits per heavy atom. The maximum Gasteiger partial charge on any atom is 0.329 e. The molecule has 9 nitrogen and oxygen atoms in total. The number of carbonyl (C=O) groups excluding carboxylic acids is 3. The van der Waals surface area contributed by atoms with Gasteiger partial charge in [-0.15, -0.1) is 0 Å². The summed E-state index contributed by atoms with van der Waals surface area (Å²) in [5.41, 5.74) is 4.88. The maximum atomic E-state index is 12.2. The third kappa shape index (κ3) is 7.20. The lowest BCUT2D eigenvalue weighted by molar-refractivity contribution is -0.136. The van der Waals surface area contributed by atoms with Crippen LogP contribution in [0.2, 0.25) is 0 Å². The number of hydrogen-bond acceptors (Lipinski definition) is 6. The van der Waals surface area contributed by atoms with E-state index in [4.69, 9.17) is 9.47 Å². The molecule has 174 valence electrons. The number of rotatable bonds is 8. The van der Waals surface area contributed by atoms with Crippen molar-refractivity contribution in [1.82, 2.24) is 5.43 Å². The Bertz CT molecular complexity index is 1170. The van der Waals surface area contributed by atoms with Gasteiger partial charge in [0.05, 0.1) is 13.3 Å². The third-order valence-corrected chi connectivity index (χ3v) is 4.54. The standard InChI is InChI=1S/C25H24N4O5/c1-17-7-9-19(10-8-17)27-23(30)16-34-22-6-4-3-5-18(22)15-26-29-25(32)24(31)28-20-11-13-21(33-2)14-12-20/h3-15H,16H2,1-2H3,(H,27,30)(H,28,31)(H,29,32)/b26-15-. The molecule has 3 rings (SSSR count). The number of hydrazone groups is 1. The van der Waals surface area contributed by atoms with E-state index in [1.54, 1.807) is 60.7 Å². The van der Waals surface area contributed by atoms with E-state index in [2.05, 4.69) is 21.2 Å². The Labute approximate surface area is 196 Å². The van der Waals surface area contributed by atoms with Gasteiger partial charge in [-0.3, -0.25) is 14.4 Å². The minimum atomic E-state index is -0.942. The molecule has 0 radical (unpaired) electrons. The highest BCUT2D eigenvalue weighted by atomic mass is 16.5. The van der Waals surface area contributed by atoms with Crippen molar-refractivity contribution in [3.8, 4) is 11.5 Å². The molecular formula is C25H24N4O5. The Balaban J connectivity index is 1.51. The van der Waals surface area contributed by atoms with Crippen molar-refractivity contribution in [3.63, 3.8) is 0 Å². The van der Waals surface area contributed by atoms with Gasteiger partial charge in [0.15, 0.2) is 6.61 Å². The zero-order valence-electron chi connectivity index (χ0n) is 18.7. The number of anilines is 2. The molecule has 0 unspecified atom stereocenters. The molecule has 3 aromatic rings. The fraction of sp³-hybridized carbons (Fsp3) is 0.120. The second-order valence-corrected chi connectivity index (χ2v) is 7.12. The van der Waals surface area contributed by atoms with Crippen molar-refractivity contribution in [2.24, 2.45) is 5.10 Å². The van der Waals surface area contributed by atoms with Gasteiger partial charge < -0.3 is 20.1 Å². The predicted octanol–water partition coefficient (Wildman–Crippen LogP) is 3.11. The van der Waals surface area contributed by atoms with Crippen LogP contribution in [0, 0.1) is 6.92 Å². The van der Waals surface area contributed by atoms with Crippen LogP contribution in [0.1, 0.15) is 11.1 Å². The summed E-state index contributed by atoms with van der Waals surface area (Å²) in [5.74, 6) is -1.12. The number of aryl methyl sites for hydroxylation is 1. The maximum absolute atomic E-state index is 12.2. The van der Waals surface area contributed by atoms with E-state index < -0.39 is 11.8 Å². The summed E-state index contributed by atoms with van der Waals surface area (Å²) >= 11 is 0. The van der Waals surface area contributed by atoms with Gasteiger partial charge in [0.2, 0.25) is 0 Å². The van der Waals surface area contributed by atoms with Crippen LogP contribution in [0.4, 0.5) is 11.4 Å². The normalized spacial score (nSPS) is 10.4. The first-order chi connectivity index (χ1) is 16.4. The quantitative estimate of drug-likeness (QED) is 0.271. The second kappa shape index (κ2) is 11.8. The lowest BCUT2D eigenvalue weighted by Crippen LogP contribution is -2.32. The number of para-hydroxylation sites is 1. The molecule has 34 heavy (non-hydrogen) atoms. The van der Waals surface area contributed by atoms with Crippen molar-refractivity contribution >= 4 is 35.3 Å². The molecule has 0 saturated heterocycles. The molecule has 0 fully saturated rings. The lowest BCUT2D eigenvalue weighted by Gasteiger charge is -2.10. The average Bonchev–Trinajstić information content (AvgIpc) is 2.85. The zero-order chi connectivity index (χ0) is 24.3. The van der Waals surface area contributed by atoms with E-state index in [-0.39, 0.29) is 12.5 Å². The third-order valence-electron chi connectivity index (χ3n) is 4.54. The molecule has 0 saturated carbocycles. The Hall–Kier alpha value is -4.66. The molecule has 3 amide bonds. The van der Waals surface area contributed by atoms with Crippen LogP contribution >= 0.6 is 0 Å². The number of carbonyl (C=O) groups is 3. The molecule has 0 bridgehead atoms. The fourth-order valence-electron chi connectivity index (χ4n) is 2.77. The number of ether oxygens (including phenoxy) is 2. The van der Waals surface area contributed by atoms with Crippen LogP contribution in [-0.4, -0.2) is 37.7 Å². The molecule has 0 aliphatic rings. The summed E-state index contributed by atoms with van der Waals surface area (Å²) in [7, 11) is 1.53. The number of hydrogen-bond donors (Lipinski definition) is 3. The van der Waals surface area contributed by atoms with E-state index in [1.807, 2.05) is 19.1 Å². The molecule has 3 aromatic carbocycles. The van der Waals surface area contributed by atoms with Crippen molar-refractivity contribution in [3.05, 3.63) is 83.9 Å². The van der Waals surface area contributed by atoms with Crippen LogP contribution < -0.4 is 25.5 Å². The van der Waals surface area contributed by atoms with E-state index >= 15 is 0 Å². The van der Waals surface area contributed by atoms with Gasteiger partial charge in [-0.05, 0) is 55.5 Å². The summed E-state index contributed by atoms with van der Waals surface area (Å²) in [6.07, 6.45) is 1.33. The Morgan fingerprint density at radius 2 is 1.50 bits per heavy atom. The van der Waals surface area contributed by atoms with Crippen molar-refractivity contribution in [2.45, 2.75) is 6.92 Å². The van der Waals surface area contributed by atoms with E-state index in [0.717, 1.165) is 5.56 Å². The molecule has 0 aliphatic carbocycles. The van der Waals surface area contributed by atoms with E-state index in [1.165, 1.54) is 13.3 Å².